The smallest absolute Gasteiger partial charge is 0.291 e. The van der Waals surface area contributed by atoms with E-state index in [4.69, 9.17) is 7.85 Å². The van der Waals surface area contributed by atoms with E-state index in [9.17, 15) is 10.1 Å². The van der Waals surface area contributed by atoms with E-state index < -0.39 is 4.92 Å². The summed E-state index contributed by atoms with van der Waals surface area (Å²) in [6, 6.07) is 3.18. The zero-order valence-electron chi connectivity index (χ0n) is 7.50. The molecule has 66 valence electrons. The molecule has 1 aromatic rings. The minimum atomic E-state index is -0.449. The molecular weight excluding hydrogens is 167 g/mol. The number of benzene rings is 1. The third-order valence-corrected chi connectivity index (χ3v) is 1.74. The third kappa shape index (κ3) is 1.80. The van der Waals surface area contributed by atoms with Crippen molar-refractivity contribution >= 4 is 24.7 Å². The van der Waals surface area contributed by atoms with Gasteiger partial charge in [0, 0.05) is 13.1 Å². The van der Waals surface area contributed by atoms with Crippen LogP contribution in [0.4, 0.5) is 11.4 Å². The number of rotatable bonds is 2. The molecule has 0 aliphatic heterocycles. The first-order valence-corrected chi connectivity index (χ1v) is 3.78. The van der Waals surface area contributed by atoms with E-state index >= 15 is 0 Å². The number of hydrogen-bond donors (Lipinski definition) is 1. The summed E-state index contributed by atoms with van der Waals surface area (Å²) in [5.74, 6) is 0. The van der Waals surface area contributed by atoms with Gasteiger partial charge in [-0.3, -0.25) is 10.1 Å². The highest BCUT2D eigenvalue weighted by Crippen LogP contribution is 2.22. The number of hydrogen-bond acceptors (Lipinski definition) is 3. The number of nitrogens with zero attached hydrogens (tertiary/aromatic N) is 1. The summed E-state index contributed by atoms with van der Waals surface area (Å²) in [7, 11) is 7.21. The van der Waals surface area contributed by atoms with Gasteiger partial charge in [0.05, 0.1) is 4.92 Å². The van der Waals surface area contributed by atoms with Crippen molar-refractivity contribution in [2.45, 2.75) is 6.92 Å². The summed E-state index contributed by atoms with van der Waals surface area (Å²) in [4.78, 5) is 10.1. The van der Waals surface area contributed by atoms with Gasteiger partial charge in [-0.05, 0) is 12.5 Å². The summed E-state index contributed by atoms with van der Waals surface area (Å²) in [6.45, 7) is 1.77. The fourth-order valence-corrected chi connectivity index (χ4v) is 1.21. The molecule has 0 saturated carbocycles. The second-order valence-corrected chi connectivity index (χ2v) is 2.76. The van der Waals surface area contributed by atoms with Crippen LogP contribution in [0.1, 0.15) is 5.56 Å². The van der Waals surface area contributed by atoms with E-state index in [2.05, 4.69) is 5.32 Å². The van der Waals surface area contributed by atoms with E-state index in [1.807, 2.05) is 0 Å². The molecule has 4 nitrogen and oxygen atoms in total. The number of aryl methyl sites for hydroxylation is 1. The SMILES string of the molecule is [B]c1cc(C)cc([N+](=O)[O-])c1NC. The van der Waals surface area contributed by atoms with E-state index in [1.165, 1.54) is 6.07 Å². The molecule has 0 saturated heterocycles. The first-order valence-electron chi connectivity index (χ1n) is 3.78. The monoisotopic (exact) mass is 176 g/mol. The molecule has 1 rings (SSSR count). The van der Waals surface area contributed by atoms with Gasteiger partial charge in [0.15, 0.2) is 0 Å². The number of anilines is 1. The minimum absolute atomic E-state index is 0.0139. The summed E-state index contributed by atoms with van der Waals surface area (Å²) in [5.41, 5.74) is 1.56. The highest BCUT2D eigenvalue weighted by atomic mass is 16.6. The Morgan fingerprint density at radius 3 is 2.62 bits per heavy atom. The van der Waals surface area contributed by atoms with Crippen LogP contribution in [-0.4, -0.2) is 19.8 Å². The van der Waals surface area contributed by atoms with Crippen molar-refractivity contribution < 1.29 is 4.92 Å². The number of nitrogens with one attached hydrogen (secondary N) is 1. The average molecular weight is 176 g/mol. The molecule has 5 heteroatoms. The van der Waals surface area contributed by atoms with Gasteiger partial charge in [0.1, 0.15) is 13.5 Å². The molecule has 0 heterocycles. The van der Waals surface area contributed by atoms with Crippen LogP contribution < -0.4 is 10.8 Å². The van der Waals surface area contributed by atoms with Gasteiger partial charge >= 0.3 is 0 Å². The predicted octanol–water partition coefficient (Wildman–Crippen LogP) is 0.739. The molecule has 0 fully saturated rings. The topological polar surface area (TPSA) is 55.2 Å². The van der Waals surface area contributed by atoms with Gasteiger partial charge < -0.3 is 5.32 Å². The predicted molar refractivity (Wildman–Crippen MR) is 52.8 cm³/mol. The zero-order chi connectivity index (χ0) is 10.0. The first-order chi connectivity index (χ1) is 6.06. The summed E-state index contributed by atoms with van der Waals surface area (Å²) in [6.07, 6.45) is 0. The van der Waals surface area contributed by atoms with Crippen molar-refractivity contribution in [2.75, 3.05) is 12.4 Å². The molecule has 0 atom stereocenters. The molecule has 0 aliphatic carbocycles. The van der Waals surface area contributed by atoms with Gasteiger partial charge in [-0.15, -0.1) is 0 Å². The molecule has 2 radical (unpaired) electrons. The van der Waals surface area contributed by atoms with Crippen LogP contribution in [-0.2, 0) is 0 Å². The summed E-state index contributed by atoms with van der Waals surface area (Å²) in [5, 5.41) is 13.3. The molecule has 0 bridgehead atoms. The quantitative estimate of drug-likeness (QED) is 0.410. The van der Waals surface area contributed by atoms with Crippen LogP contribution >= 0.6 is 0 Å². The molecule has 0 unspecified atom stereocenters. The van der Waals surface area contributed by atoms with Crippen molar-refractivity contribution in [2.24, 2.45) is 0 Å². The van der Waals surface area contributed by atoms with Gasteiger partial charge in [-0.1, -0.05) is 11.5 Å². The lowest BCUT2D eigenvalue weighted by atomic mass is 9.91. The van der Waals surface area contributed by atoms with Crippen LogP contribution in [0.2, 0.25) is 0 Å². The summed E-state index contributed by atoms with van der Waals surface area (Å²) >= 11 is 0. The maximum atomic E-state index is 10.6. The zero-order valence-corrected chi connectivity index (χ0v) is 7.50. The number of nitro groups is 1. The van der Waals surface area contributed by atoms with Crippen LogP contribution in [0, 0.1) is 17.0 Å². The lowest BCUT2D eigenvalue weighted by Gasteiger charge is -2.07. The fourth-order valence-electron chi connectivity index (χ4n) is 1.21. The van der Waals surface area contributed by atoms with Crippen molar-refractivity contribution in [3.63, 3.8) is 0 Å². The lowest BCUT2D eigenvalue weighted by molar-refractivity contribution is -0.383. The molecule has 1 aromatic carbocycles. The standard InChI is InChI=1S/C8H9BN2O2/c1-5-3-6(9)8(10-2)7(4-5)11(12)13/h3-4,10H,1-2H3. The Morgan fingerprint density at radius 2 is 2.15 bits per heavy atom. The second kappa shape index (κ2) is 3.47. The van der Waals surface area contributed by atoms with Gasteiger partial charge in [-0.25, -0.2) is 0 Å². The van der Waals surface area contributed by atoms with Crippen LogP contribution in [0.25, 0.3) is 0 Å². The van der Waals surface area contributed by atoms with Crippen molar-refractivity contribution in [1.82, 2.24) is 0 Å². The normalized spacial score (nSPS) is 9.69. The highest BCUT2D eigenvalue weighted by Gasteiger charge is 2.14. The van der Waals surface area contributed by atoms with Gasteiger partial charge in [0.25, 0.3) is 5.69 Å². The minimum Gasteiger partial charge on any atom is -0.383 e. The Balaban J connectivity index is 3.38. The lowest BCUT2D eigenvalue weighted by Crippen LogP contribution is -2.12. The highest BCUT2D eigenvalue weighted by molar-refractivity contribution is 6.36. The first kappa shape index (κ1) is 9.57. The molecule has 0 aliphatic rings. The van der Waals surface area contributed by atoms with E-state index in [0.717, 1.165) is 5.56 Å². The van der Waals surface area contributed by atoms with Crippen LogP contribution in [0.15, 0.2) is 12.1 Å². The Labute approximate surface area is 77.5 Å². The molecule has 1 N–H and O–H groups in total. The fraction of sp³-hybridized carbons (Fsp3) is 0.250. The third-order valence-electron chi connectivity index (χ3n) is 1.74. The maximum absolute atomic E-state index is 10.6. The molecule has 0 spiro atoms. The Morgan fingerprint density at radius 1 is 1.54 bits per heavy atom. The average Bonchev–Trinajstić information content (AvgIpc) is 2.02. The Bertz CT molecular complexity index is 352. The molecule has 13 heavy (non-hydrogen) atoms. The van der Waals surface area contributed by atoms with Crippen molar-refractivity contribution in [3.05, 3.63) is 27.8 Å². The number of nitro benzene ring substituents is 1. The van der Waals surface area contributed by atoms with Gasteiger partial charge in [0.2, 0.25) is 0 Å². The van der Waals surface area contributed by atoms with Gasteiger partial charge in [-0.2, -0.15) is 0 Å². The second-order valence-electron chi connectivity index (χ2n) is 2.76. The molecule has 0 amide bonds. The Hall–Kier alpha value is -1.52. The van der Waals surface area contributed by atoms with Crippen molar-refractivity contribution in [1.29, 1.82) is 0 Å². The van der Waals surface area contributed by atoms with E-state index in [-0.39, 0.29) is 5.69 Å². The van der Waals surface area contributed by atoms with E-state index in [0.29, 0.717) is 11.2 Å². The van der Waals surface area contributed by atoms with Crippen LogP contribution in [0.3, 0.4) is 0 Å². The Kier molecular flexibility index (Phi) is 2.56. The van der Waals surface area contributed by atoms with Crippen molar-refractivity contribution in [3.8, 4) is 0 Å². The summed E-state index contributed by atoms with van der Waals surface area (Å²) < 4.78 is 0. The molecule has 0 aromatic heterocycles. The van der Waals surface area contributed by atoms with E-state index in [1.54, 1.807) is 20.0 Å². The van der Waals surface area contributed by atoms with Crippen LogP contribution in [0.5, 0.6) is 0 Å². The maximum Gasteiger partial charge on any atom is 0.291 e. The largest absolute Gasteiger partial charge is 0.383 e. The molecular formula is C8H9BN2O2.